The monoisotopic (exact) mass is 444 g/mol. The highest BCUT2D eigenvalue weighted by atomic mass is 19.1. The van der Waals surface area contributed by atoms with Crippen molar-refractivity contribution >= 4 is 10.8 Å². The Hall–Kier alpha value is -1.68. The Morgan fingerprint density at radius 1 is 0.938 bits per heavy atom. The second kappa shape index (κ2) is 13.1. The van der Waals surface area contributed by atoms with Crippen LogP contribution in [0.2, 0.25) is 0 Å². The Morgan fingerprint density at radius 3 is 2.25 bits per heavy atom. The van der Waals surface area contributed by atoms with E-state index in [2.05, 4.69) is 6.92 Å². The molecule has 1 aromatic heterocycles. The summed E-state index contributed by atoms with van der Waals surface area (Å²) in [6.07, 6.45) is 16.6. The largest absolute Gasteiger partial charge is 0.427 e. The van der Waals surface area contributed by atoms with Gasteiger partial charge in [-0.1, -0.05) is 77.3 Å². The van der Waals surface area contributed by atoms with Crippen LogP contribution in [0.3, 0.4) is 0 Å². The molecule has 3 nitrogen and oxygen atoms in total. The maximum absolute atomic E-state index is 15.2. The van der Waals surface area contributed by atoms with Crippen LogP contribution in [0.25, 0.3) is 10.8 Å². The van der Waals surface area contributed by atoms with Gasteiger partial charge in [-0.05, 0) is 55.0 Å². The molecule has 0 spiro atoms. The van der Waals surface area contributed by atoms with Crippen molar-refractivity contribution in [1.82, 2.24) is 0 Å². The molecule has 0 amide bonds. The summed E-state index contributed by atoms with van der Waals surface area (Å²) >= 11 is 0. The number of aryl methyl sites for hydroxylation is 1. The molecule has 0 saturated heterocycles. The van der Waals surface area contributed by atoms with Crippen LogP contribution in [-0.2, 0) is 11.2 Å². The van der Waals surface area contributed by atoms with Crippen molar-refractivity contribution in [2.75, 3.05) is 6.61 Å². The first-order chi connectivity index (χ1) is 15.6. The third-order valence-corrected chi connectivity index (χ3v) is 7.01. The van der Waals surface area contributed by atoms with Crippen molar-refractivity contribution in [2.45, 2.75) is 116 Å². The Bertz CT molecular complexity index is 880. The van der Waals surface area contributed by atoms with Gasteiger partial charge >= 0.3 is 5.63 Å². The summed E-state index contributed by atoms with van der Waals surface area (Å²) in [5.41, 5.74) is 0.100. The van der Waals surface area contributed by atoms with Gasteiger partial charge in [-0.3, -0.25) is 0 Å². The maximum atomic E-state index is 15.2. The zero-order valence-corrected chi connectivity index (χ0v) is 20.1. The van der Waals surface area contributed by atoms with Gasteiger partial charge < -0.3 is 9.15 Å². The normalized spacial score (nSPS) is 19.0. The van der Waals surface area contributed by atoms with Gasteiger partial charge in [0.15, 0.2) is 0 Å². The quantitative estimate of drug-likeness (QED) is 0.293. The fraction of sp³-hybridized carbons (Fsp3) is 0.679. The highest BCUT2D eigenvalue weighted by Gasteiger charge is 2.26. The number of fused-ring (bicyclic) bond motifs is 1. The van der Waals surface area contributed by atoms with Crippen LogP contribution in [0.4, 0.5) is 4.39 Å². The van der Waals surface area contributed by atoms with Crippen molar-refractivity contribution < 1.29 is 13.5 Å². The second-order valence-electron chi connectivity index (χ2n) is 9.46. The minimum atomic E-state index is -0.559. The van der Waals surface area contributed by atoms with Crippen LogP contribution in [0.5, 0.6) is 0 Å². The molecule has 1 aromatic carbocycles. The maximum Gasteiger partial charge on any atom is 0.346 e. The first-order valence-electron chi connectivity index (χ1n) is 13.0. The minimum Gasteiger partial charge on any atom is -0.427 e. The molecule has 178 valence electrons. The molecule has 0 atom stereocenters. The molecule has 3 rings (SSSR count). The van der Waals surface area contributed by atoms with E-state index in [0.717, 1.165) is 38.7 Å². The van der Waals surface area contributed by atoms with E-state index in [1.807, 2.05) is 19.1 Å². The number of hydrogen-bond acceptors (Lipinski definition) is 3. The number of benzene rings is 1. The number of halogens is 1. The van der Waals surface area contributed by atoms with Crippen molar-refractivity contribution in [1.29, 1.82) is 0 Å². The molecule has 1 heterocycles. The van der Waals surface area contributed by atoms with Crippen molar-refractivity contribution in [3.63, 3.8) is 0 Å². The lowest BCUT2D eigenvalue weighted by Crippen LogP contribution is -2.22. The van der Waals surface area contributed by atoms with Crippen molar-refractivity contribution in [3.8, 4) is 0 Å². The fourth-order valence-corrected chi connectivity index (χ4v) is 5.00. The summed E-state index contributed by atoms with van der Waals surface area (Å²) < 4.78 is 26.6. The van der Waals surface area contributed by atoms with Gasteiger partial charge in [0.25, 0.3) is 0 Å². The summed E-state index contributed by atoms with van der Waals surface area (Å²) in [7, 11) is 0. The number of unbranched alkanes of at least 4 members (excludes halogenated alkanes) is 8. The van der Waals surface area contributed by atoms with Gasteiger partial charge in [0.2, 0.25) is 0 Å². The molecule has 1 fully saturated rings. The molecule has 2 aromatic rings. The van der Waals surface area contributed by atoms with E-state index in [0.29, 0.717) is 29.2 Å². The summed E-state index contributed by atoms with van der Waals surface area (Å²) in [5, 5.41) is 0.737. The molecule has 1 aliphatic rings. The van der Waals surface area contributed by atoms with Gasteiger partial charge in [0.05, 0.1) is 6.10 Å². The Kier molecular flexibility index (Phi) is 10.2. The van der Waals surface area contributed by atoms with Crippen LogP contribution in [0.1, 0.15) is 115 Å². The van der Waals surface area contributed by atoms with Gasteiger partial charge in [0.1, 0.15) is 17.0 Å². The van der Waals surface area contributed by atoms with Gasteiger partial charge in [0, 0.05) is 13.0 Å². The Morgan fingerprint density at radius 2 is 1.59 bits per heavy atom. The van der Waals surface area contributed by atoms with Crippen molar-refractivity contribution in [2.24, 2.45) is 0 Å². The molecule has 0 unspecified atom stereocenters. The summed E-state index contributed by atoms with van der Waals surface area (Å²) in [6.45, 7) is 5.02. The van der Waals surface area contributed by atoms with Crippen LogP contribution in [-0.4, -0.2) is 12.7 Å². The molecule has 0 radical (unpaired) electrons. The summed E-state index contributed by atoms with van der Waals surface area (Å²) in [4.78, 5) is 12.3. The minimum absolute atomic E-state index is 0.100. The van der Waals surface area contributed by atoms with Gasteiger partial charge in [-0.2, -0.15) is 0 Å². The van der Waals surface area contributed by atoms with E-state index < -0.39 is 11.4 Å². The second-order valence-corrected chi connectivity index (χ2v) is 9.46. The molecule has 1 saturated carbocycles. The Labute approximate surface area is 192 Å². The molecule has 0 bridgehead atoms. The van der Waals surface area contributed by atoms with Crippen molar-refractivity contribution in [3.05, 3.63) is 45.8 Å². The molecule has 32 heavy (non-hydrogen) atoms. The molecule has 0 N–H and O–H groups in total. The lowest BCUT2D eigenvalue weighted by Gasteiger charge is -2.29. The van der Waals surface area contributed by atoms with E-state index >= 15 is 4.39 Å². The van der Waals surface area contributed by atoms with E-state index in [1.165, 1.54) is 51.4 Å². The molecule has 1 aliphatic carbocycles. The average molecular weight is 445 g/mol. The standard InChI is InChI=1S/C28H41FO3/c1-3-5-6-7-8-9-10-11-12-19-31-24-16-13-21(14-17-24)25-18-15-22-20-23(4-2)32-28(30)26(22)27(25)29/h15,18,20-21,24H,3-14,16-17,19H2,1-2H3. The van der Waals surface area contributed by atoms with Crippen LogP contribution >= 0.6 is 0 Å². The zero-order valence-electron chi connectivity index (χ0n) is 20.1. The highest BCUT2D eigenvalue weighted by Crippen LogP contribution is 2.36. The fourth-order valence-electron chi connectivity index (χ4n) is 5.00. The Balaban J connectivity index is 1.39. The first-order valence-corrected chi connectivity index (χ1v) is 13.0. The topological polar surface area (TPSA) is 39.4 Å². The lowest BCUT2D eigenvalue weighted by molar-refractivity contribution is 0.0224. The number of ether oxygens (including phenoxy) is 1. The highest BCUT2D eigenvalue weighted by molar-refractivity contribution is 5.83. The van der Waals surface area contributed by atoms with E-state index in [1.54, 1.807) is 6.07 Å². The molecule has 0 aliphatic heterocycles. The predicted octanol–water partition coefficient (Wildman–Crippen LogP) is 8.07. The zero-order chi connectivity index (χ0) is 22.8. The molecular formula is C28H41FO3. The van der Waals surface area contributed by atoms with Gasteiger partial charge in [-0.15, -0.1) is 0 Å². The smallest absolute Gasteiger partial charge is 0.346 e. The number of hydrogen-bond donors (Lipinski definition) is 0. The average Bonchev–Trinajstić information content (AvgIpc) is 2.80. The molecule has 4 heteroatoms. The van der Waals surface area contributed by atoms with E-state index in [4.69, 9.17) is 9.15 Å². The van der Waals surface area contributed by atoms with Gasteiger partial charge in [-0.25, -0.2) is 9.18 Å². The third-order valence-electron chi connectivity index (χ3n) is 7.01. The summed E-state index contributed by atoms with van der Waals surface area (Å²) in [5.74, 6) is 0.356. The first kappa shape index (κ1) is 25.0. The van der Waals surface area contributed by atoms with Crippen LogP contribution < -0.4 is 5.63 Å². The summed E-state index contributed by atoms with van der Waals surface area (Å²) in [6, 6.07) is 5.52. The van der Waals surface area contributed by atoms with Crippen LogP contribution in [0.15, 0.2) is 27.4 Å². The van der Waals surface area contributed by atoms with E-state index in [-0.39, 0.29) is 11.3 Å². The lowest BCUT2D eigenvalue weighted by atomic mass is 9.82. The SMILES string of the molecule is CCCCCCCCCCCOC1CCC(c2ccc3cc(CC)oc(=O)c3c2F)CC1. The van der Waals surface area contributed by atoms with Crippen LogP contribution in [0, 0.1) is 5.82 Å². The predicted molar refractivity (Wildman–Crippen MR) is 130 cm³/mol. The van der Waals surface area contributed by atoms with E-state index in [9.17, 15) is 4.79 Å². The number of rotatable bonds is 13. The third kappa shape index (κ3) is 6.91. The molecular weight excluding hydrogens is 403 g/mol.